The average Bonchev–Trinajstić information content (AvgIpc) is 2.83. The topological polar surface area (TPSA) is 84.9 Å². The van der Waals surface area contributed by atoms with Crippen LogP contribution in [0.1, 0.15) is 21.5 Å². The van der Waals surface area contributed by atoms with Crippen LogP contribution in [0.4, 0.5) is 0 Å². The standard InChI is InChI=1S/C24H26N2O5S/c1-26(17-19-9-12-21(30-2)13-10-19)24(27)20-11-14-22(31-3)23(15-20)32(28,29)25-16-18-7-5-4-6-8-18/h4-15,25H,16-17H2,1-3H3. The van der Waals surface area contributed by atoms with Crippen molar-refractivity contribution in [1.82, 2.24) is 9.62 Å². The largest absolute Gasteiger partial charge is 0.497 e. The fourth-order valence-corrected chi connectivity index (χ4v) is 4.38. The van der Waals surface area contributed by atoms with E-state index in [-0.39, 0.29) is 28.7 Å². The molecule has 1 N–H and O–H groups in total. The molecule has 0 bridgehead atoms. The molecule has 0 fully saturated rings. The van der Waals surface area contributed by atoms with E-state index in [1.807, 2.05) is 54.6 Å². The Morgan fingerprint density at radius 2 is 1.59 bits per heavy atom. The molecule has 32 heavy (non-hydrogen) atoms. The van der Waals surface area contributed by atoms with E-state index in [1.165, 1.54) is 24.1 Å². The summed E-state index contributed by atoms with van der Waals surface area (Å²) in [6, 6.07) is 21.0. The minimum absolute atomic E-state index is 0.0837. The number of benzene rings is 3. The Bertz CT molecular complexity index is 1160. The monoisotopic (exact) mass is 454 g/mol. The second-order valence-electron chi connectivity index (χ2n) is 7.19. The number of sulfonamides is 1. The van der Waals surface area contributed by atoms with Crippen molar-refractivity contribution in [2.75, 3.05) is 21.3 Å². The maximum atomic E-state index is 13.0. The van der Waals surface area contributed by atoms with Gasteiger partial charge >= 0.3 is 0 Å². The van der Waals surface area contributed by atoms with Crippen LogP contribution in [0.5, 0.6) is 11.5 Å². The quantitative estimate of drug-likeness (QED) is 0.535. The van der Waals surface area contributed by atoms with Gasteiger partial charge in [0.1, 0.15) is 16.4 Å². The molecule has 3 aromatic rings. The number of carbonyl (C=O) groups excluding carboxylic acids is 1. The highest BCUT2D eigenvalue weighted by Gasteiger charge is 2.23. The Hall–Kier alpha value is -3.36. The number of nitrogens with zero attached hydrogens (tertiary/aromatic N) is 1. The maximum absolute atomic E-state index is 13.0. The van der Waals surface area contributed by atoms with E-state index < -0.39 is 10.0 Å². The Morgan fingerprint density at radius 3 is 2.22 bits per heavy atom. The molecule has 1 amide bonds. The van der Waals surface area contributed by atoms with E-state index in [1.54, 1.807) is 20.2 Å². The van der Waals surface area contributed by atoms with Crippen LogP contribution in [-0.2, 0) is 23.1 Å². The normalized spacial score (nSPS) is 11.1. The van der Waals surface area contributed by atoms with E-state index in [9.17, 15) is 13.2 Å². The molecule has 0 radical (unpaired) electrons. The first-order chi connectivity index (χ1) is 15.3. The summed E-state index contributed by atoms with van der Waals surface area (Å²) in [5.41, 5.74) is 2.00. The van der Waals surface area contributed by atoms with Crippen molar-refractivity contribution in [3.63, 3.8) is 0 Å². The molecule has 0 aliphatic carbocycles. The van der Waals surface area contributed by atoms with Crippen molar-refractivity contribution in [3.8, 4) is 11.5 Å². The molecule has 0 aromatic heterocycles. The van der Waals surface area contributed by atoms with Gasteiger partial charge in [-0.3, -0.25) is 4.79 Å². The summed E-state index contributed by atoms with van der Waals surface area (Å²) in [5.74, 6) is 0.596. The van der Waals surface area contributed by atoms with Gasteiger partial charge in [-0.1, -0.05) is 42.5 Å². The molecule has 0 saturated carbocycles. The molecule has 3 aromatic carbocycles. The van der Waals surface area contributed by atoms with Crippen LogP contribution in [0.2, 0.25) is 0 Å². The van der Waals surface area contributed by atoms with Gasteiger partial charge in [-0.25, -0.2) is 13.1 Å². The number of ether oxygens (including phenoxy) is 2. The lowest BCUT2D eigenvalue weighted by Crippen LogP contribution is -2.27. The Labute approximate surface area is 188 Å². The first-order valence-electron chi connectivity index (χ1n) is 9.94. The molecule has 0 saturated heterocycles. The summed E-state index contributed by atoms with van der Waals surface area (Å²) >= 11 is 0. The third-order valence-corrected chi connectivity index (χ3v) is 6.36. The highest BCUT2D eigenvalue weighted by Crippen LogP contribution is 2.26. The van der Waals surface area contributed by atoms with Crippen LogP contribution in [0, 0.1) is 0 Å². The summed E-state index contributed by atoms with van der Waals surface area (Å²) in [6.07, 6.45) is 0. The lowest BCUT2D eigenvalue weighted by molar-refractivity contribution is 0.0785. The molecule has 0 spiro atoms. The van der Waals surface area contributed by atoms with E-state index in [0.29, 0.717) is 6.54 Å². The molecule has 0 atom stereocenters. The summed E-state index contributed by atoms with van der Waals surface area (Å²) in [5, 5.41) is 0. The van der Waals surface area contributed by atoms with Crippen LogP contribution in [0.15, 0.2) is 77.7 Å². The van der Waals surface area contributed by atoms with Gasteiger partial charge < -0.3 is 14.4 Å². The van der Waals surface area contributed by atoms with Crippen molar-refractivity contribution in [2.24, 2.45) is 0 Å². The van der Waals surface area contributed by atoms with E-state index in [4.69, 9.17) is 9.47 Å². The number of hydrogen-bond acceptors (Lipinski definition) is 5. The first-order valence-corrected chi connectivity index (χ1v) is 11.4. The number of methoxy groups -OCH3 is 2. The van der Waals surface area contributed by atoms with Gasteiger partial charge in [0.05, 0.1) is 14.2 Å². The molecule has 3 rings (SSSR count). The van der Waals surface area contributed by atoms with Crippen molar-refractivity contribution in [1.29, 1.82) is 0 Å². The molecule has 0 heterocycles. The predicted molar refractivity (Wildman–Crippen MR) is 122 cm³/mol. The zero-order valence-corrected chi connectivity index (χ0v) is 19.1. The average molecular weight is 455 g/mol. The summed E-state index contributed by atoms with van der Waals surface area (Å²) in [4.78, 5) is 14.4. The SMILES string of the molecule is COc1ccc(CN(C)C(=O)c2ccc(OC)c(S(=O)(=O)NCc3ccccc3)c2)cc1. The van der Waals surface area contributed by atoms with E-state index in [2.05, 4.69) is 4.72 Å². The van der Waals surface area contributed by atoms with Crippen LogP contribution in [0.25, 0.3) is 0 Å². The zero-order chi connectivity index (χ0) is 23.1. The third kappa shape index (κ3) is 5.66. The van der Waals surface area contributed by atoms with E-state index in [0.717, 1.165) is 16.9 Å². The third-order valence-electron chi connectivity index (χ3n) is 4.93. The van der Waals surface area contributed by atoms with Crippen LogP contribution in [-0.4, -0.2) is 40.5 Å². The number of hydrogen-bond donors (Lipinski definition) is 1. The van der Waals surface area contributed by atoms with Gasteiger partial charge in [0.25, 0.3) is 5.91 Å². The molecule has 0 aliphatic heterocycles. The minimum Gasteiger partial charge on any atom is -0.497 e. The number of amides is 1. The Morgan fingerprint density at radius 1 is 0.906 bits per heavy atom. The summed E-state index contributed by atoms with van der Waals surface area (Å²) in [6.45, 7) is 0.491. The number of nitrogens with one attached hydrogen (secondary N) is 1. The smallest absolute Gasteiger partial charge is 0.253 e. The molecular formula is C24H26N2O5S. The van der Waals surface area contributed by atoms with Gasteiger partial charge in [-0.05, 0) is 41.5 Å². The predicted octanol–water partition coefficient (Wildman–Crippen LogP) is 3.45. The molecule has 8 heteroatoms. The number of rotatable bonds is 9. The lowest BCUT2D eigenvalue weighted by atomic mass is 10.1. The highest BCUT2D eigenvalue weighted by molar-refractivity contribution is 7.89. The Balaban J connectivity index is 1.80. The van der Waals surface area contributed by atoms with Crippen molar-refractivity contribution >= 4 is 15.9 Å². The fourth-order valence-electron chi connectivity index (χ4n) is 3.17. The summed E-state index contributed by atoms with van der Waals surface area (Å²) < 4.78 is 38.9. The van der Waals surface area contributed by atoms with Crippen LogP contribution >= 0.6 is 0 Å². The Kier molecular flexibility index (Phi) is 7.50. The zero-order valence-electron chi connectivity index (χ0n) is 18.2. The summed E-state index contributed by atoms with van der Waals surface area (Å²) in [7, 11) is 0.740. The minimum atomic E-state index is -3.91. The first kappa shape index (κ1) is 23.3. The number of carbonyl (C=O) groups is 1. The molecular weight excluding hydrogens is 428 g/mol. The lowest BCUT2D eigenvalue weighted by Gasteiger charge is -2.19. The van der Waals surface area contributed by atoms with E-state index >= 15 is 0 Å². The second-order valence-corrected chi connectivity index (χ2v) is 8.92. The molecule has 7 nitrogen and oxygen atoms in total. The maximum Gasteiger partial charge on any atom is 0.253 e. The van der Waals surface area contributed by atoms with Gasteiger partial charge in [-0.15, -0.1) is 0 Å². The van der Waals surface area contributed by atoms with Crippen LogP contribution < -0.4 is 14.2 Å². The fraction of sp³-hybridized carbons (Fsp3) is 0.208. The van der Waals surface area contributed by atoms with Crippen LogP contribution in [0.3, 0.4) is 0 Å². The second kappa shape index (κ2) is 10.3. The molecule has 0 aliphatic rings. The molecule has 168 valence electrons. The van der Waals surface area contributed by atoms with Crippen molar-refractivity contribution < 1.29 is 22.7 Å². The van der Waals surface area contributed by atoms with Crippen molar-refractivity contribution in [3.05, 3.63) is 89.5 Å². The van der Waals surface area contributed by atoms with Gasteiger partial charge in [0.2, 0.25) is 10.0 Å². The van der Waals surface area contributed by atoms with Gasteiger partial charge in [0.15, 0.2) is 0 Å². The van der Waals surface area contributed by atoms with Crippen molar-refractivity contribution in [2.45, 2.75) is 18.0 Å². The van der Waals surface area contributed by atoms with Gasteiger partial charge in [-0.2, -0.15) is 0 Å². The van der Waals surface area contributed by atoms with Gasteiger partial charge in [0, 0.05) is 25.7 Å². The molecule has 0 unspecified atom stereocenters. The highest BCUT2D eigenvalue weighted by atomic mass is 32.2.